The van der Waals surface area contributed by atoms with Crippen molar-refractivity contribution in [3.63, 3.8) is 0 Å². The number of hydrogen-bond acceptors (Lipinski definition) is 0. The molecule has 0 heterocycles. The van der Waals surface area contributed by atoms with Gasteiger partial charge in [0.25, 0.3) is 0 Å². The van der Waals surface area contributed by atoms with E-state index in [4.69, 9.17) is 0 Å². The first-order chi connectivity index (χ1) is 20.8. The van der Waals surface area contributed by atoms with Crippen molar-refractivity contribution in [2.75, 3.05) is 0 Å². The minimum absolute atomic E-state index is 0. The Morgan fingerprint density at radius 2 is 0.913 bits per heavy atom. The molecule has 0 spiro atoms. The minimum atomic E-state index is -2.56. The summed E-state index contributed by atoms with van der Waals surface area (Å²) in [6, 6.07) is 1.02. The molecule has 0 amide bonds. The molecule has 0 nitrogen and oxygen atoms in total. The van der Waals surface area contributed by atoms with Gasteiger partial charge in [-0.15, -0.1) is 13.0 Å². The molecule has 0 aromatic heterocycles. The second kappa shape index (κ2) is 16.9. The summed E-state index contributed by atoms with van der Waals surface area (Å²) in [5.41, 5.74) is -2.16. The molecular formula is C29H14BF15Zr. The Labute approximate surface area is 271 Å². The van der Waals surface area contributed by atoms with Crippen LogP contribution in [0, 0.1) is 113 Å². The Hall–Kier alpha value is -3.48. The van der Waals surface area contributed by atoms with Crippen LogP contribution in [0.4, 0.5) is 65.9 Å². The third-order valence-electron chi connectivity index (χ3n) is 5.50. The largest absolute Gasteiger partial charge is 3.00 e. The van der Waals surface area contributed by atoms with E-state index in [2.05, 4.69) is 26.3 Å². The van der Waals surface area contributed by atoms with E-state index < -0.39 is 105 Å². The van der Waals surface area contributed by atoms with Gasteiger partial charge < -0.3 is 24.9 Å². The first kappa shape index (κ1) is 40.5. The van der Waals surface area contributed by atoms with E-state index in [0.29, 0.717) is 6.32 Å². The summed E-state index contributed by atoms with van der Waals surface area (Å²) >= 11 is 0. The van der Waals surface area contributed by atoms with Crippen molar-refractivity contribution in [3.8, 4) is 0 Å². The number of benzene rings is 3. The van der Waals surface area contributed by atoms with Crippen molar-refractivity contribution < 1.29 is 92.1 Å². The molecule has 0 aliphatic heterocycles. The summed E-state index contributed by atoms with van der Waals surface area (Å²) in [4.78, 5) is 0. The van der Waals surface area contributed by atoms with E-state index in [-0.39, 0.29) is 31.8 Å². The summed E-state index contributed by atoms with van der Waals surface area (Å²) in [6.45, 7) is 4.14. The Morgan fingerprint density at radius 3 is 1.17 bits per heavy atom. The summed E-state index contributed by atoms with van der Waals surface area (Å²) in [7, 11) is 0. The van der Waals surface area contributed by atoms with Crippen molar-refractivity contribution >= 4 is 17.6 Å². The molecule has 2 radical (unpaired) electrons. The van der Waals surface area contributed by atoms with Crippen LogP contribution in [0.3, 0.4) is 0 Å². The maximum absolute atomic E-state index is 14.1. The van der Waals surface area contributed by atoms with Crippen LogP contribution in [0.5, 0.6) is 0 Å². The average Bonchev–Trinajstić information content (AvgIpc) is 3.48. The molecule has 0 atom stereocenters. The second-order valence-electron chi connectivity index (χ2n) is 8.81. The first-order valence-electron chi connectivity index (χ1n) is 11.8. The van der Waals surface area contributed by atoms with Crippen LogP contribution in [-0.4, -0.2) is 6.71 Å². The van der Waals surface area contributed by atoms with Crippen molar-refractivity contribution in [1.82, 2.24) is 0 Å². The smallest absolute Gasteiger partial charge is 0.381 e. The fraction of sp³-hybridized carbons (Fsp3) is 0.0690. The third-order valence-corrected chi connectivity index (χ3v) is 5.50. The van der Waals surface area contributed by atoms with Gasteiger partial charge in [-0.3, -0.25) is 8.78 Å². The van der Waals surface area contributed by atoms with Crippen molar-refractivity contribution in [2.45, 2.75) is 13.8 Å². The third kappa shape index (κ3) is 8.86. The van der Waals surface area contributed by atoms with Gasteiger partial charge in [-0.25, -0.2) is 57.1 Å². The Balaban J connectivity index is 0.000000477. The van der Waals surface area contributed by atoms with E-state index in [1.54, 1.807) is 0 Å². The first-order valence-corrected chi connectivity index (χ1v) is 11.8. The molecule has 0 saturated heterocycles. The topological polar surface area (TPSA) is 0 Å². The fourth-order valence-electron chi connectivity index (χ4n) is 3.35. The Bertz CT molecular complexity index is 1540. The van der Waals surface area contributed by atoms with Crippen LogP contribution >= 0.6 is 0 Å². The van der Waals surface area contributed by atoms with Gasteiger partial charge in [-0.1, -0.05) is 23.8 Å². The van der Waals surface area contributed by atoms with Crippen LogP contribution in [0.25, 0.3) is 0 Å². The quantitative estimate of drug-likeness (QED) is 0.0833. The monoisotopic (exact) mass is 748 g/mol. The number of allylic oxidation sites excluding steroid dienone is 6. The normalized spacial score (nSPS) is 12.0. The zero-order valence-electron chi connectivity index (χ0n) is 22.9. The van der Waals surface area contributed by atoms with Gasteiger partial charge in [0, 0.05) is 6.42 Å². The molecule has 46 heavy (non-hydrogen) atoms. The fourth-order valence-corrected chi connectivity index (χ4v) is 3.35. The number of hydrogen-bond donors (Lipinski definition) is 0. The van der Waals surface area contributed by atoms with Gasteiger partial charge in [0.2, 0.25) is 0 Å². The van der Waals surface area contributed by atoms with E-state index >= 15 is 0 Å². The summed E-state index contributed by atoms with van der Waals surface area (Å²) < 4.78 is 197. The SMILES string of the molecule is CC1=CC=C[CH]1.Fc1[c-]c(F)c(F)c(F)c1F.[CH2-]/C(C)=C\[CH-]B(c1c(F)c(F)c(F)c(F)c1F)c1c(F)c(F)c(F)c(F)c1F.[Zr+3]. The average molecular weight is 749 g/mol. The van der Waals surface area contributed by atoms with Crippen LogP contribution in [-0.2, 0) is 26.2 Å². The molecule has 0 unspecified atom stereocenters. The second-order valence-corrected chi connectivity index (χ2v) is 8.81. The minimum Gasteiger partial charge on any atom is -0.381 e. The maximum Gasteiger partial charge on any atom is 3.00 e. The molecule has 0 fully saturated rings. The Kier molecular flexibility index (Phi) is 14.9. The predicted molar refractivity (Wildman–Crippen MR) is 133 cm³/mol. The van der Waals surface area contributed by atoms with Crippen molar-refractivity contribution in [2.24, 2.45) is 0 Å². The molecule has 3 aromatic rings. The van der Waals surface area contributed by atoms with Gasteiger partial charge in [0.1, 0.15) is 6.71 Å². The molecule has 4 rings (SSSR count). The zero-order valence-corrected chi connectivity index (χ0v) is 25.4. The van der Waals surface area contributed by atoms with E-state index in [1.807, 2.05) is 12.2 Å². The van der Waals surface area contributed by atoms with Crippen LogP contribution < -0.4 is 10.9 Å². The van der Waals surface area contributed by atoms with Gasteiger partial charge in [0.05, 0.1) is 29.1 Å². The van der Waals surface area contributed by atoms with Gasteiger partial charge in [-0.05, 0) is 17.8 Å². The van der Waals surface area contributed by atoms with E-state index in [0.717, 1.165) is 12.1 Å². The van der Waals surface area contributed by atoms with E-state index in [1.165, 1.54) is 12.5 Å². The van der Waals surface area contributed by atoms with Crippen LogP contribution in [0.15, 0.2) is 35.5 Å². The van der Waals surface area contributed by atoms with Crippen molar-refractivity contribution in [1.29, 1.82) is 0 Å². The molecule has 242 valence electrons. The summed E-state index contributed by atoms with van der Waals surface area (Å²) in [6.07, 6.45) is 9.59. The van der Waals surface area contributed by atoms with Gasteiger partial charge in [-0.2, -0.15) is 0 Å². The molecule has 0 N–H and O–H groups in total. The molecule has 0 bridgehead atoms. The predicted octanol–water partition coefficient (Wildman–Crippen LogP) is 8.10. The standard InChI is InChI=1S/C17H7BF10.C6F5.C6H7.Zr/c1-5(2)3-4-18(6-8(19)12(23)16(27)13(24)9(6)20)7-10(21)14(25)17(28)15(26)11(7)22;7-2-1-3(8)5(10)6(11)4(2)9;1-6-4-2-3-5-6;/h3-4H,1H2,2H3;;2-5H,1H3;/q-2;-1;;+3/b5-3+;;;. The van der Waals surface area contributed by atoms with Gasteiger partial charge >= 0.3 is 26.2 Å². The molecule has 3 aromatic carbocycles. The van der Waals surface area contributed by atoms with Crippen LogP contribution in [0.1, 0.15) is 13.8 Å². The number of halogens is 15. The molecular weight excluding hydrogens is 735 g/mol. The maximum atomic E-state index is 14.1. The molecule has 1 aliphatic rings. The van der Waals surface area contributed by atoms with Gasteiger partial charge in [0.15, 0.2) is 58.2 Å². The molecule has 0 saturated carbocycles. The molecule has 17 heteroatoms. The Morgan fingerprint density at radius 1 is 0.587 bits per heavy atom. The summed E-state index contributed by atoms with van der Waals surface area (Å²) in [5.74, 6) is -34.9. The zero-order chi connectivity index (χ0) is 34.5. The number of rotatable bonds is 4. The van der Waals surface area contributed by atoms with Crippen molar-refractivity contribution in [3.05, 3.63) is 148 Å². The van der Waals surface area contributed by atoms with Crippen LogP contribution in [0.2, 0.25) is 0 Å². The van der Waals surface area contributed by atoms with E-state index in [9.17, 15) is 65.9 Å². The molecule has 1 aliphatic carbocycles. The summed E-state index contributed by atoms with van der Waals surface area (Å²) in [5, 5.41) is 0.